The Balaban J connectivity index is 2.58. The van der Waals surface area contributed by atoms with E-state index in [1.54, 1.807) is 13.8 Å². The second-order valence-electron chi connectivity index (χ2n) is 7.79. The molecule has 0 bridgehead atoms. The first-order chi connectivity index (χ1) is 16.4. The van der Waals surface area contributed by atoms with Gasteiger partial charge in [-0.3, -0.25) is 5.32 Å². The van der Waals surface area contributed by atoms with Crippen LogP contribution in [0, 0.1) is 0 Å². The molecule has 0 saturated carbocycles. The molecule has 0 aromatic heterocycles. The smallest absolute Gasteiger partial charge is 0.488 e. The number of carbonyl (C=O) groups is 3. The van der Waals surface area contributed by atoms with Gasteiger partial charge in [0.25, 0.3) is 0 Å². The Morgan fingerprint density at radius 1 is 0.794 bits per heavy atom. The lowest BCUT2D eigenvalue weighted by Crippen LogP contribution is -2.18. The van der Waals surface area contributed by atoms with Gasteiger partial charge in [0, 0.05) is 0 Å². The van der Waals surface area contributed by atoms with Crippen molar-refractivity contribution >= 4 is 23.9 Å². The summed E-state index contributed by atoms with van der Waals surface area (Å²) in [4.78, 5) is 35.6. The van der Waals surface area contributed by atoms with Crippen molar-refractivity contribution < 1.29 is 38.4 Å². The highest BCUT2D eigenvalue weighted by atomic mass is 16.7. The van der Waals surface area contributed by atoms with Gasteiger partial charge >= 0.3 is 18.2 Å². The molecule has 1 rings (SSSR count). The third kappa shape index (κ3) is 11.2. The fourth-order valence-corrected chi connectivity index (χ4v) is 3.35. The number of nitrogens with one attached hydrogen (secondary N) is 1. The van der Waals surface area contributed by atoms with Gasteiger partial charge in [0.05, 0.1) is 25.5 Å². The zero-order chi connectivity index (χ0) is 25.2. The minimum absolute atomic E-state index is 0.0500. The Morgan fingerprint density at radius 3 is 1.97 bits per heavy atom. The molecular formula is C25H39NO8. The van der Waals surface area contributed by atoms with E-state index >= 15 is 0 Å². The Kier molecular flexibility index (Phi) is 15.0. The highest BCUT2D eigenvalue weighted by Crippen LogP contribution is 2.39. The maximum Gasteiger partial charge on any atom is 0.513 e. The molecule has 34 heavy (non-hydrogen) atoms. The van der Waals surface area contributed by atoms with Crippen molar-refractivity contribution in [3.63, 3.8) is 0 Å². The van der Waals surface area contributed by atoms with Crippen LogP contribution in [0.2, 0.25) is 0 Å². The van der Waals surface area contributed by atoms with Crippen molar-refractivity contribution in [3.8, 4) is 11.5 Å². The molecule has 0 aliphatic carbocycles. The average Bonchev–Trinajstić information content (AvgIpc) is 2.79. The van der Waals surface area contributed by atoms with E-state index in [-0.39, 0.29) is 42.6 Å². The number of carboxylic acid groups (broad SMARTS) is 1. The minimum atomic E-state index is -1.32. The molecule has 0 unspecified atom stereocenters. The van der Waals surface area contributed by atoms with Crippen LogP contribution in [0.5, 0.6) is 11.5 Å². The van der Waals surface area contributed by atoms with E-state index in [1.165, 1.54) is 57.1 Å². The topological polar surface area (TPSA) is 120 Å². The zero-order valence-electron chi connectivity index (χ0n) is 20.7. The average molecular weight is 482 g/mol. The van der Waals surface area contributed by atoms with Crippen LogP contribution in [0.4, 0.5) is 15.3 Å². The Labute approximate surface area is 202 Å². The first-order valence-corrected chi connectivity index (χ1v) is 12.3. The van der Waals surface area contributed by atoms with E-state index in [1.807, 2.05) is 0 Å². The van der Waals surface area contributed by atoms with Crippen LogP contribution in [-0.2, 0) is 9.47 Å². The number of hydrogen-bond donors (Lipinski definition) is 2. The molecule has 0 aliphatic heterocycles. The van der Waals surface area contributed by atoms with Crippen molar-refractivity contribution in [2.24, 2.45) is 0 Å². The Hall–Kier alpha value is -2.97. The predicted octanol–water partition coefficient (Wildman–Crippen LogP) is 6.79. The number of hydrogen-bond acceptors (Lipinski definition) is 7. The summed E-state index contributed by atoms with van der Waals surface area (Å²) in [7, 11) is 0. The molecule has 2 N–H and O–H groups in total. The number of benzene rings is 1. The molecule has 0 fully saturated rings. The van der Waals surface area contributed by atoms with Crippen LogP contribution in [0.1, 0.15) is 95.3 Å². The van der Waals surface area contributed by atoms with Crippen molar-refractivity contribution in [2.75, 3.05) is 25.1 Å². The van der Waals surface area contributed by atoms with Gasteiger partial charge in [0.15, 0.2) is 11.5 Å². The molecule has 1 aromatic rings. The summed E-state index contributed by atoms with van der Waals surface area (Å²) in [6.07, 6.45) is 9.99. The summed E-state index contributed by atoms with van der Waals surface area (Å²) in [5.74, 6) is -1.76. The number of unbranched alkanes of at least 4 members (excludes halogenated alkanes) is 9. The Morgan fingerprint density at radius 2 is 1.41 bits per heavy atom. The lowest BCUT2D eigenvalue weighted by Gasteiger charge is -2.17. The first-order valence-electron chi connectivity index (χ1n) is 12.3. The molecule has 0 aliphatic rings. The molecule has 9 nitrogen and oxygen atoms in total. The number of rotatable bonds is 17. The summed E-state index contributed by atoms with van der Waals surface area (Å²) in [6, 6.07) is 2.56. The second-order valence-corrected chi connectivity index (χ2v) is 7.79. The van der Waals surface area contributed by atoms with Crippen LogP contribution < -0.4 is 14.8 Å². The molecular weight excluding hydrogens is 442 g/mol. The van der Waals surface area contributed by atoms with Gasteiger partial charge in [0.1, 0.15) is 5.56 Å². The van der Waals surface area contributed by atoms with Gasteiger partial charge in [0.2, 0.25) is 0 Å². The summed E-state index contributed by atoms with van der Waals surface area (Å²) in [6.45, 7) is 5.94. The molecule has 1 aromatic carbocycles. The van der Waals surface area contributed by atoms with Gasteiger partial charge in [-0.2, -0.15) is 0 Å². The summed E-state index contributed by atoms with van der Waals surface area (Å²) in [5.41, 5.74) is -0.181. The maximum absolute atomic E-state index is 12.2. The minimum Gasteiger partial charge on any atom is -0.488 e. The van der Waals surface area contributed by atoms with Gasteiger partial charge in [-0.1, -0.05) is 64.7 Å². The van der Waals surface area contributed by atoms with Crippen molar-refractivity contribution in [2.45, 2.75) is 85.0 Å². The normalized spacial score (nSPS) is 10.4. The second kappa shape index (κ2) is 17.5. The molecule has 0 atom stereocenters. The van der Waals surface area contributed by atoms with E-state index in [9.17, 15) is 19.5 Å². The predicted molar refractivity (Wildman–Crippen MR) is 129 cm³/mol. The molecule has 1 amide bonds. The first kappa shape index (κ1) is 29.1. The quantitative estimate of drug-likeness (QED) is 0.142. The standard InChI is InChI=1S/C25H39NO8/c1-4-7-8-9-10-11-12-13-14-15-18-33-24(29)26-20-17-16-19(23(27)28)21(22(20)31-5-2)34-25(30)32-6-3/h16-17H,4-15,18H2,1-3H3,(H,26,29)(H,27,28). The zero-order valence-corrected chi connectivity index (χ0v) is 20.7. The third-order valence-corrected chi connectivity index (χ3v) is 5.05. The van der Waals surface area contributed by atoms with Crippen LogP contribution in [0.3, 0.4) is 0 Å². The molecule has 192 valence electrons. The van der Waals surface area contributed by atoms with E-state index in [4.69, 9.17) is 18.9 Å². The fourth-order valence-electron chi connectivity index (χ4n) is 3.35. The van der Waals surface area contributed by atoms with Gasteiger partial charge < -0.3 is 24.1 Å². The number of amides is 1. The Bertz CT molecular complexity index is 766. The van der Waals surface area contributed by atoms with Gasteiger partial charge in [-0.15, -0.1) is 0 Å². The fraction of sp³-hybridized carbons (Fsp3) is 0.640. The highest BCUT2D eigenvalue weighted by molar-refractivity contribution is 5.96. The van der Waals surface area contributed by atoms with E-state index in [0.717, 1.165) is 19.3 Å². The van der Waals surface area contributed by atoms with Crippen LogP contribution in [0.15, 0.2) is 12.1 Å². The summed E-state index contributed by atoms with van der Waals surface area (Å²) < 4.78 is 20.5. The summed E-state index contributed by atoms with van der Waals surface area (Å²) >= 11 is 0. The highest BCUT2D eigenvalue weighted by Gasteiger charge is 2.24. The lowest BCUT2D eigenvalue weighted by atomic mass is 10.1. The third-order valence-electron chi connectivity index (χ3n) is 5.05. The number of anilines is 1. The van der Waals surface area contributed by atoms with Crippen LogP contribution in [0.25, 0.3) is 0 Å². The lowest BCUT2D eigenvalue weighted by molar-refractivity contribution is 0.0689. The SMILES string of the molecule is CCCCCCCCCCCCOC(=O)Nc1ccc(C(=O)O)c(OC(=O)OCC)c1OCC. The van der Waals surface area contributed by atoms with Gasteiger partial charge in [-0.25, -0.2) is 14.4 Å². The number of aromatic carboxylic acids is 1. The number of carboxylic acids is 1. The molecule has 0 heterocycles. The van der Waals surface area contributed by atoms with Crippen molar-refractivity contribution in [1.82, 2.24) is 0 Å². The molecule has 0 radical (unpaired) electrons. The van der Waals surface area contributed by atoms with E-state index < -0.39 is 18.2 Å². The number of carbonyl (C=O) groups excluding carboxylic acids is 2. The molecule has 0 saturated heterocycles. The van der Waals surface area contributed by atoms with Crippen LogP contribution in [-0.4, -0.2) is 43.1 Å². The largest absolute Gasteiger partial charge is 0.513 e. The van der Waals surface area contributed by atoms with Crippen molar-refractivity contribution in [3.05, 3.63) is 17.7 Å². The van der Waals surface area contributed by atoms with E-state index in [2.05, 4.69) is 12.2 Å². The monoisotopic (exact) mass is 481 g/mol. The van der Waals surface area contributed by atoms with Crippen LogP contribution >= 0.6 is 0 Å². The molecule has 9 heteroatoms. The summed E-state index contributed by atoms with van der Waals surface area (Å²) in [5, 5.41) is 12.0. The van der Waals surface area contributed by atoms with Crippen molar-refractivity contribution in [1.29, 1.82) is 0 Å². The number of ether oxygens (including phenoxy) is 4. The van der Waals surface area contributed by atoms with Gasteiger partial charge in [-0.05, 0) is 32.4 Å². The maximum atomic E-state index is 12.2. The van der Waals surface area contributed by atoms with E-state index in [0.29, 0.717) is 0 Å². The molecule has 0 spiro atoms.